The number of aliphatic hydroxyl groups excluding tert-OH is 1. The summed E-state index contributed by atoms with van der Waals surface area (Å²) >= 11 is 5.06. The van der Waals surface area contributed by atoms with E-state index in [1.165, 1.54) is 0 Å². The van der Waals surface area contributed by atoms with Gasteiger partial charge in [-0.3, -0.25) is 0 Å². The van der Waals surface area contributed by atoms with E-state index in [9.17, 15) is 9.90 Å². The molecule has 0 radical (unpaired) electrons. The van der Waals surface area contributed by atoms with Gasteiger partial charge in [-0.15, -0.1) is 0 Å². The van der Waals surface area contributed by atoms with Gasteiger partial charge in [0.1, 0.15) is 5.60 Å². The SMILES string of the molecule is CC(C)(C)OC(=O)N1C[C@@H](O)[C@H](c2cscc2Br)C1. The predicted octanol–water partition coefficient (Wildman–Crippen LogP) is 3.21. The number of ether oxygens (including phenoxy) is 1. The molecule has 1 saturated heterocycles. The minimum Gasteiger partial charge on any atom is -0.444 e. The molecule has 0 spiro atoms. The van der Waals surface area contributed by atoms with Gasteiger partial charge >= 0.3 is 6.09 Å². The molecule has 0 bridgehead atoms. The maximum atomic E-state index is 12.0. The molecular formula is C13H18BrNO3S. The number of hydrogen-bond acceptors (Lipinski definition) is 4. The first-order chi connectivity index (χ1) is 8.78. The highest BCUT2D eigenvalue weighted by atomic mass is 79.9. The Morgan fingerprint density at radius 1 is 1.47 bits per heavy atom. The average Bonchev–Trinajstić information content (AvgIpc) is 2.82. The van der Waals surface area contributed by atoms with Gasteiger partial charge in [-0.2, -0.15) is 11.3 Å². The van der Waals surface area contributed by atoms with Gasteiger partial charge in [0.2, 0.25) is 0 Å². The molecule has 1 amide bonds. The van der Waals surface area contributed by atoms with Crippen molar-refractivity contribution in [3.63, 3.8) is 0 Å². The van der Waals surface area contributed by atoms with Gasteiger partial charge in [-0.25, -0.2) is 4.79 Å². The number of likely N-dealkylation sites (tertiary alicyclic amines) is 1. The van der Waals surface area contributed by atoms with Crippen molar-refractivity contribution in [1.82, 2.24) is 4.90 Å². The second-order valence-electron chi connectivity index (χ2n) is 5.73. The first kappa shape index (κ1) is 14.8. The standard InChI is InChI=1S/C13H18BrNO3S/c1-13(2,3)18-12(17)15-4-8(11(16)5-15)9-6-19-7-10(9)14/h6-8,11,16H,4-5H2,1-3H3/t8-,11+/m0/s1. The summed E-state index contributed by atoms with van der Waals surface area (Å²) in [4.78, 5) is 13.6. The fraction of sp³-hybridized carbons (Fsp3) is 0.615. The highest BCUT2D eigenvalue weighted by Gasteiger charge is 2.37. The number of aliphatic hydroxyl groups is 1. The van der Waals surface area contributed by atoms with Crippen LogP contribution in [0.2, 0.25) is 0 Å². The Morgan fingerprint density at radius 2 is 2.16 bits per heavy atom. The van der Waals surface area contributed by atoms with Crippen LogP contribution in [0, 0.1) is 0 Å². The van der Waals surface area contributed by atoms with E-state index in [-0.39, 0.29) is 12.0 Å². The number of rotatable bonds is 1. The summed E-state index contributed by atoms with van der Waals surface area (Å²) in [6.07, 6.45) is -0.904. The molecule has 1 N–H and O–H groups in total. The molecule has 1 aliphatic heterocycles. The Morgan fingerprint density at radius 3 is 2.68 bits per heavy atom. The molecule has 2 heterocycles. The van der Waals surface area contributed by atoms with Gasteiger partial charge < -0.3 is 14.7 Å². The highest BCUT2D eigenvalue weighted by Crippen LogP contribution is 2.35. The van der Waals surface area contributed by atoms with E-state index in [2.05, 4.69) is 15.9 Å². The van der Waals surface area contributed by atoms with Crippen molar-refractivity contribution in [2.24, 2.45) is 0 Å². The van der Waals surface area contributed by atoms with Crippen molar-refractivity contribution in [3.8, 4) is 0 Å². The van der Waals surface area contributed by atoms with Gasteiger partial charge in [-0.05, 0) is 47.6 Å². The van der Waals surface area contributed by atoms with Crippen molar-refractivity contribution < 1.29 is 14.6 Å². The number of thiophene rings is 1. The molecule has 19 heavy (non-hydrogen) atoms. The predicted molar refractivity (Wildman–Crippen MR) is 78.6 cm³/mol. The van der Waals surface area contributed by atoms with Crippen LogP contribution in [-0.4, -0.2) is 40.9 Å². The maximum absolute atomic E-state index is 12.0. The molecule has 106 valence electrons. The van der Waals surface area contributed by atoms with Gasteiger partial charge in [0.05, 0.1) is 12.6 Å². The molecule has 0 saturated carbocycles. The second kappa shape index (κ2) is 5.42. The number of nitrogens with zero attached hydrogens (tertiary/aromatic N) is 1. The zero-order valence-corrected chi connectivity index (χ0v) is 13.6. The Balaban J connectivity index is 2.06. The topological polar surface area (TPSA) is 49.8 Å². The lowest BCUT2D eigenvalue weighted by molar-refractivity contribution is 0.0270. The van der Waals surface area contributed by atoms with Crippen LogP contribution in [0.4, 0.5) is 4.79 Å². The first-order valence-corrected chi connectivity index (χ1v) is 7.89. The second-order valence-corrected chi connectivity index (χ2v) is 7.33. The lowest BCUT2D eigenvalue weighted by Crippen LogP contribution is -2.35. The minimum absolute atomic E-state index is 0.0480. The molecule has 1 aliphatic rings. The van der Waals surface area contributed by atoms with Crippen molar-refractivity contribution in [3.05, 3.63) is 20.8 Å². The van der Waals surface area contributed by atoms with E-state index in [0.29, 0.717) is 13.1 Å². The quantitative estimate of drug-likeness (QED) is 0.848. The van der Waals surface area contributed by atoms with E-state index >= 15 is 0 Å². The molecule has 1 fully saturated rings. The normalized spacial score (nSPS) is 23.7. The maximum Gasteiger partial charge on any atom is 0.410 e. The molecule has 0 aromatic carbocycles. The summed E-state index contributed by atoms with van der Waals surface area (Å²) in [7, 11) is 0. The van der Waals surface area contributed by atoms with Crippen molar-refractivity contribution >= 4 is 33.4 Å². The lowest BCUT2D eigenvalue weighted by Gasteiger charge is -2.24. The van der Waals surface area contributed by atoms with Crippen LogP contribution in [0.1, 0.15) is 32.3 Å². The summed E-state index contributed by atoms with van der Waals surface area (Å²) < 4.78 is 6.33. The number of carbonyl (C=O) groups is 1. The van der Waals surface area contributed by atoms with Gasteiger partial charge in [-0.1, -0.05) is 0 Å². The number of halogens is 1. The Bertz CT molecular complexity index is 469. The molecular weight excluding hydrogens is 330 g/mol. The van der Waals surface area contributed by atoms with Gasteiger partial charge in [0, 0.05) is 22.3 Å². The van der Waals surface area contributed by atoms with Crippen molar-refractivity contribution in [1.29, 1.82) is 0 Å². The number of β-amino-alcohol motifs (C(OH)–C–C–N with tert-alkyl or cyclic N) is 1. The summed E-state index contributed by atoms with van der Waals surface area (Å²) in [5.41, 5.74) is 0.548. The van der Waals surface area contributed by atoms with Gasteiger partial charge in [0.25, 0.3) is 0 Å². The van der Waals surface area contributed by atoms with E-state index in [1.807, 2.05) is 31.5 Å². The van der Waals surface area contributed by atoms with E-state index in [4.69, 9.17) is 4.74 Å². The lowest BCUT2D eigenvalue weighted by atomic mass is 9.99. The van der Waals surface area contributed by atoms with Crippen LogP contribution >= 0.6 is 27.3 Å². The van der Waals surface area contributed by atoms with E-state index in [1.54, 1.807) is 16.2 Å². The first-order valence-electron chi connectivity index (χ1n) is 6.15. The Hall–Kier alpha value is -0.590. The zero-order chi connectivity index (χ0) is 14.2. The Kier molecular flexibility index (Phi) is 4.23. The van der Waals surface area contributed by atoms with Crippen LogP contribution in [0.3, 0.4) is 0 Å². The average molecular weight is 348 g/mol. The molecule has 1 aromatic rings. The Labute approximate surface area is 125 Å². The summed E-state index contributed by atoms with van der Waals surface area (Å²) in [5, 5.41) is 14.1. The van der Waals surface area contributed by atoms with Crippen LogP contribution in [0.15, 0.2) is 15.2 Å². The van der Waals surface area contributed by atoms with Crippen LogP contribution in [0.5, 0.6) is 0 Å². The minimum atomic E-state index is -0.543. The summed E-state index contributed by atoms with van der Waals surface area (Å²) in [6.45, 7) is 6.33. The van der Waals surface area contributed by atoms with Crippen molar-refractivity contribution in [2.45, 2.75) is 38.4 Å². The highest BCUT2D eigenvalue weighted by molar-refractivity contribution is 9.10. The molecule has 2 atom stereocenters. The molecule has 1 aromatic heterocycles. The fourth-order valence-electron chi connectivity index (χ4n) is 2.12. The molecule has 2 rings (SSSR count). The van der Waals surface area contributed by atoms with Gasteiger partial charge in [0.15, 0.2) is 0 Å². The molecule has 0 unspecified atom stereocenters. The molecule has 0 aliphatic carbocycles. The largest absolute Gasteiger partial charge is 0.444 e. The number of hydrogen-bond donors (Lipinski definition) is 1. The zero-order valence-electron chi connectivity index (χ0n) is 11.2. The van der Waals surface area contributed by atoms with Crippen LogP contribution in [0.25, 0.3) is 0 Å². The number of amides is 1. The molecule has 6 heteroatoms. The third-order valence-corrected chi connectivity index (χ3v) is 4.73. The monoisotopic (exact) mass is 347 g/mol. The van der Waals surface area contributed by atoms with E-state index in [0.717, 1.165) is 10.0 Å². The smallest absolute Gasteiger partial charge is 0.410 e. The third kappa shape index (κ3) is 3.49. The molecule has 4 nitrogen and oxygen atoms in total. The van der Waals surface area contributed by atoms with Crippen molar-refractivity contribution in [2.75, 3.05) is 13.1 Å². The van der Waals surface area contributed by atoms with Crippen LogP contribution < -0.4 is 0 Å². The third-order valence-electron chi connectivity index (χ3n) is 2.98. The van der Waals surface area contributed by atoms with E-state index < -0.39 is 11.7 Å². The summed E-state index contributed by atoms with van der Waals surface area (Å²) in [6, 6.07) is 0. The van der Waals surface area contributed by atoms with Crippen LogP contribution in [-0.2, 0) is 4.74 Å². The fourth-order valence-corrected chi connectivity index (χ4v) is 3.78. The summed E-state index contributed by atoms with van der Waals surface area (Å²) in [5.74, 6) is -0.0480. The number of carbonyl (C=O) groups excluding carboxylic acids is 1.